The van der Waals surface area contributed by atoms with Gasteiger partial charge < -0.3 is 56.7 Å². The van der Waals surface area contributed by atoms with Crippen LogP contribution in [0.5, 0.6) is 0 Å². The molecule has 18 heteroatoms. The highest BCUT2D eigenvalue weighted by molar-refractivity contribution is 7.53. The van der Waals surface area contributed by atoms with Crippen molar-refractivity contribution in [2.75, 3.05) is 60.7 Å². The highest BCUT2D eigenvalue weighted by Crippen LogP contribution is 2.46. The van der Waals surface area contributed by atoms with E-state index in [0.29, 0.717) is 6.61 Å². The molecule has 3 N–H and O–H groups in total. The van der Waals surface area contributed by atoms with Crippen molar-refractivity contribution >= 4 is 22.8 Å². The first-order valence-electron chi connectivity index (χ1n) is 10.6. The molecule has 0 saturated carbocycles. The van der Waals surface area contributed by atoms with Gasteiger partial charge in [-0.2, -0.15) is 0 Å². The molecule has 35 heavy (non-hydrogen) atoms. The summed E-state index contributed by atoms with van der Waals surface area (Å²) in [4.78, 5) is 29.4. The van der Waals surface area contributed by atoms with Crippen LogP contribution in [0.1, 0.15) is 19.8 Å². The van der Waals surface area contributed by atoms with E-state index in [2.05, 4.69) is 13.6 Å². The van der Waals surface area contributed by atoms with Crippen molar-refractivity contribution < 1.29 is 70.4 Å². The summed E-state index contributed by atoms with van der Waals surface area (Å²) < 4.78 is 83.3. The lowest BCUT2D eigenvalue weighted by atomic mass is 9.98. The Hall–Kier alpha value is 0.210. The summed E-state index contributed by atoms with van der Waals surface area (Å²) in [6.45, 7) is 2.31. The number of methoxy groups -OCH3 is 1. The predicted octanol–water partition coefficient (Wildman–Crippen LogP) is 1.70. The lowest BCUT2D eigenvalue weighted by Gasteiger charge is -2.45. The van der Waals surface area contributed by atoms with E-state index in [1.165, 1.54) is 7.11 Å². The minimum atomic E-state index is -4.19. The molecule has 1 rings (SSSR count). The van der Waals surface area contributed by atoms with Gasteiger partial charge in [0.25, 0.3) is 0 Å². The summed E-state index contributed by atoms with van der Waals surface area (Å²) in [7, 11) is -8.16. The summed E-state index contributed by atoms with van der Waals surface area (Å²) in [5, 5.41) is 0. The molecule has 1 heterocycles. The van der Waals surface area contributed by atoms with Crippen LogP contribution in [0.2, 0.25) is 0 Å². The van der Waals surface area contributed by atoms with Crippen LogP contribution in [-0.4, -0.2) is 106 Å². The maximum atomic E-state index is 12.1. The molecule has 0 aromatic heterocycles. The van der Waals surface area contributed by atoms with Crippen molar-refractivity contribution in [1.29, 1.82) is 0 Å². The molecule has 0 spiro atoms. The number of hydrogen-bond acceptors (Lipinski definition) is 12. The third kappa shape index (κ3) is 11.6. The average Bonchev–Trinajstić information content (AvgIpc) is 2.83. The summed E-state index contributed by atoms with van der Waals surface area (Å²) in [6.07, 6.45) is -6.78. The van der Waals surface area contributed by atoms with Gasteiger partial charge in [0.1, 0.15) is 43.5 Å². The standard InChI is InChI=1S/C17H37O15P3/c1-6-7-8-28-9-13-14(29-10-33(18,19)25-3)15(30-11-34(20,21)26-4)16(17(24-2)32-13)31-12-35(22,23)27-5/h13-17H,6-12H2,1-5H3,(H,18,19)(H,20,21)(H,22,23)/t13-,14-,15+,16-,17+/m1/s1. The smallest absolute Gasteiger partial charge is 0.353 e. The second kappa shape index (κ2) is 15.6. The molecular formula is C17H37O15P3. The Bertz CT molecular complexity index is 752. The average molecular weight is 574 g/mol. The van der Waals surface area contributed by atoms with Gasteiger partial charge in [-0.15, -0.1) is 0 Å². The van der Waals surface area contributed by atoms with Crippen LogP contribution in [0.4, 0.5) is 0 Å². The van der Waals surface area contributed by atoms with Gasteiger partial charge in [0, 0.05) is 35.0 Å². The third-order valence-electron chi connectivity index (χ3n) is 4.89. The Morgan fingerprint density at radius 1 is 0.743 bits per heavy atom. The Labute approximate surface area is 204 Å². The molecule has 15 nitrogen and oxygen atoms in total. The molecule has 0 aliphatic carbocycles. The van der Waals surface area contributed by atoms with E-state index in [9.17, 15) is 28.4 Å². The lowest BCUT2D eigenvalue weighted by molar-refractivity contribution is -0.312. The van der Waals surface area contributed by atoms with Crippen molar-refractivity contribution in [3.05, 3.63) is 0 Å². The van der Waals surface area contributed by atoms with E-state index in [1.807, 2.05) is 6.92 Å². The third-order valence-corrected chi connectivity index (χ3v) is 8.03. The van der Waals surface area contributed by atoms with Gasteiger partial charge in [0.05, 0.1) is 6.61 Å². The first kappa shape index (κ1) is 33.2. The summed E-state index contributed by atoms with van der Waals surface area (Å²) >= 11 is 0. The van der Waals surface area contributed by atoms with Gasteiger partial charge in [0.2, 0.25) is 0 Å². The van der Waals surface area contributed by atoms with E-state index < -0.39 is 72.5 Å². The van der Waals surface area contributed by atoms with Gasteiger partial charge in [-0.05, 0) is 6.42 Å². The van der Waals surface area contributed by atoms with Crippen molar-refractivity contribution in [1.82, 2.24) is 0 Å². The first-order chi connectivity index (χ1) is 16.3. The minimum absolute atomic E-state index is 0.0581. The van der Waals surface area contributed by atoms with E-state index in [0.717, 1.165) is 34.2 Å². The number of rotatable bonds is 18. The van der Waals surface area contributed by atoms with Crippen molar-refractivity contribution in [2.45, 2.75) is 50.5 Å². The van der Waals surface area contributed by atoms with Crippen molar-refractivity contribution in [3.63, 3.8) is 0 Å². The van der Waals surface area contributed by atoms with Gasteiger partial charge in [-0.3, -0.25) is 13.7 Å². The fraction of sp³-hybridized carbons (Fsp3) is 1.00. The highest BCUT2D eigenvalue weighted by atomic mass is 31.2. The summed E-state index contributed by atoms with van der Waals surface area (Å²) in [5.74, 6) is 0. The molecular weight excluding hydrogens is 537 g/mol. The number of unbranched alkanes of at least 4 members (excludes halogenated alkanes) is 1. The summed E-state index contributed by atoms with van der Waals surface area (Å²) in [5.41, 5.74) is 0. The molecule has 3 unspecified atom stereocenters. The number of hydrogen-bond donors (Lipinski definition) is 3. The molecule has 0 aromatic carbocycles. The molecule has 8 atom stereocenters. The van der Waals surface area contributed by atoms with Crippen molar-refractivity contribution in [2.24, 2.45) is 0 Å². The fourth-order valence-corrected chi connectivity index (χ4v) is 4.31. The van der Waals surface area contributed by atoms with E-state index in [1.54, 1.807) is 0 Å². The van der Waals surface area contributed by atoms with E-state index >= 15 is 0 Å². The Balaban J connectivity index is 3.30. The van der Waals surface area contributed by atoms with Crippen LogP contribution in [0.15, 0.2) is 0 Å². The molecule has 0 aromatic rings. The van der Waals surface area contributed by atoms with Gasteiger partial charge >= 0.3 is 22.8 Å². The maximum absolute atomic E-state index is 12.1. The first-order valence-corrected chi connectivity index (χ1v) is 15.9. The highest BCUT2D eigenvalue weighted by Gasteiger charge is 2.50. The molecule has 1 saturated heterocycles. The minimum Gasteiger partial charge on any atom is -0.379 e. The molecule has 210 valence electrons. The van der Waals surface area contributed by atoms with E-state index in [-0.39, 0.29) is 6.61 Å². The molecule has 0 radical (unpaired) electrons. The van der Waals surface area contributed by atoms with Crippen LogP contribution in [0.25, 0.3) is 0 Å². The van der Waals surface area contributed by atoms with Crippen LogP contribution < -0.4 is 0 Å². The topological polar surface area (TPSA) is 195 Å². The predicted molar refractivity (Wildman–Crippen MR) is 121 cm³/mol. The number of ether oxygens (including phenoxy) is 6. The Morgan fingerprint density at radius 3 is 1.63 bits per heavy atom. The maximum Gasteiger partial charge on any atom is 0.353 e. The van der Waals surface area contributed by atoms with Crippen LogP contribution in [0.3, 0.4) is 0 Å². The molecule has 0 bridgehead atoms. The van der Waals surface area contributed by atoms with Gasteiger partial charge in [-0.25, -0.2) is 0 Å². The molecule has 1 aliphatic rings. The quantitative estimate of drug-likeness (QED) is 0.158. The van der Waals surface area contributed by atoms with Gasteiger partial charge in [-0.1, -0.05) is 13.3 Å². The summed E-state index contributed by atoms with van der Waals surface area (Å²) in [6, 6.07) is 0. The van der Waals surface area contributed by atoms with Crippen molar-refractivity contribution in [3.8, 4) is 0 Å². The lowest BCUT2D eigenvalue weighted by Crippen LogP contribution is -2.62. The normalized spacial score (nSPS) is 30.3. The Morgan fingerprint density at radius 2 is 1.20 bits per heavy atom. The van der Waals surface area contributed by atoms with Crippen LogP contribution in [0, 0.1) is 0 Å². The monoisotopic (exact) mass is 574 g/mol. The van der Waals surface area contributed by atoms with Gasteiger partial charge in [0.15, 0.2) is 6.29 Å². The zero-order valence-corrected chi connectivity index (χ0v) is 23.1. The second-order valence-electron chi connectivity index (χ2n) is 7.45. The largest absolute Gasteiger partial charge is 0.379 e. The SMILES string of the molecule is CCCCOC[C@H]1O[C@H](OC)[C@H](OCP(=O)(O)OC)[C@@H](OCP(=O)(O)OC)[C@@H]1OCP(=O)(O)OC. The van der Waals surface area contributed by atoms with Crippen LogP contribution in [-0.2, 0) is 55.7 Å². The molecule has 1 aliphatic heterocycles. The zero-order chi connectivity index (χ0) is 26.7. The second-order valence-corrected chi connectivity index (χ2v) is 13.1. The zero-order valence-electron chi connectivity index (χ0n) is 20.4. The fourth-order valence-electron chi connectivity index (χ4n) is 2.91. The van der Waals surface area contributed by atoms with E-state index in [4.69, 9.17) is 28.4 Å². The Kier molecular flexibility index (Phi) is 14.8. The van der Waals surface area contributed by atoms with Crippen LogP contribution >= 0.6 is 22.8 Å². The molecule has 0 amide bonds. The molecule has 1 fully saturated rings.